The minimum absolute atomic E-state index is 0.135. The summed E-state index contributed by atoms with van der Waals surface area (Å²) in [5.41, 5.74) is 0.783. The number of carbonyl (C=O) groups is 1. The second kappa shape index (κ2) is 5.36. The van der Waals surface area contributed by atoms with Gasteiger partial charge in [0.1, 0.15) is 0 Å². The molecule has 0 aliphatic carbocycles. The summed E-state index contributed by atoms with van der Waals surface area (Å²) in [5.74, 6) is -0.926. The Morgan fingerprint density at radius 3 is 2.57 bits per heavy atom. The number of rotatable bonds is 5. The Morgan fingerprint density at radius 2 is 2.00 bits per heavy atom. The second-order valence-electron chi connectivity index (χ2n) is 2.95. The largest absolute Gasteiger partial charge is 0.480 e. The van der Waals surface area contributed by atoms with E-state index in [9.17, 15) is 9.90 Å². The molecule has 1 unspecified atom stereocenters. The number of carboxylic acids is 1. The van der Waals surface area contributed by atoms with Crippen LogP contribution in [-0.4, -0.2) is 29.3 Å². The number of benzene rings is 1. The van der Waals surface area contributed by atoms with Gasteiger partial charge in [0.05, 0.1) is 12.6 Å². The van der Waals surface area contributed by atoms with Crippen LogP contribution in [0.5, 0.6) is 0 Å². The maximum absolute atomic E-state index is 10.2. The highest BCUT2D eigenvalue weighted by Gasteiger charge is 2.06. The fraction of sp³-hybridized carbons (Fsp3) is 0.300. The van der Waals surface area contributed by atoms with Gasteiger partial charge in [-0.15, -0.1) is 0 Å². The van der Waals surface area contributed by atoms with E-state index in [1.165, 1.54) is 0 Å². The van der Waals surface area contributed by atoms with Crippen molar-refractivity contribution < 1.29 is 15.0 Å². The molecule has 1 aromatic rings. The van der Waals surface area contributed by atoms with E-state index < -0.39 is 12.1 Å². The maximum atomic E-state index is 10.2. The Labute approximate surface area is 82.2 Å². The number of aliphatic carboxylic acids is 1. The van der Waals surface area contributed by atoms with Crippen LogP contribution in [0.15, 0.2) is 30.3 Å². The smallest absolute Gasteiger partial charge is 0.317 e. The molecule has 0 amide bonds. The predicted octanol–water partition coefficient (Wildman–Crippen LogP) is 0.394. The minimum Gasteiger partial charge on any atom is -0.480 e. The van der Waals surface area contributed by atoms with Crippen LogP contribution in [-0.2, 0) is 4.79 Å². The van der Waals surface area contributed by atoms with E-state index in [0.717, 1.165) is 5.56 Å². The van der Waals surface area contributed by atoms with Crippen molar-refractivity contribution in [1.29, 1.82) is 0 Å². The molecule has 0 saturated carbocycles. The lowest BCUT2D eigenvalue weighted by Crippen LogP contribution is -2.27. The third-order valence-corrected chi connectivity index (χ3v) is 1.80. The molecule has 0 radical (unpaired) electrons. The zero-order valence-electron chi connectivity index (χ0n) is 7.68. The van der Waals surface area contributed by atoms with Crippen molar-refractivity contribution in [3.05, 3.63) is 35.9 Å². The molecule has 1 atom stereocenters. The number of carboxylic acid groups (broad SMARTS) is 1. The highest BCUT2D eigenvalue weighted by molar-refractivity contribution is 5.68. The summed E-state index contributed by atoms with van der Waals surface area (Å²) in [6.45, 7) is 0.111. The Kier molecular flexibility index (Phi) is 4.10. The predicted molar refractivity (Wildman–Crippen MR) is 51.9 cm³/mol. The van der Waals surface area contributed by atoms with Crippen LogP contribution in [0.25, 0.3) is 0 Å². The highest BCUT2D eigenvalue weighted by atomic mass is 16.4. The standard InChI is InChI=1S/C10H13NO3/c12-9(6-11-7-10(13)14)8-4-2-1-3-5-8/h1-5,9,11-12H,6-7H2,(H,13,14). The van der Waals surface area contributed by atoms with Gasteiger partial charge in [-0.2, -0.15) is 0 Å². The van der Waals surface area contributed by atoms with Gasteiger partial charge < -0.3 is 15.5 Å². The second-order valence-corrected chi connectivity index (χ2v) is 2.95. The number of aliphatic hydroxyl groups is 1. The molecule has 4 heteroatoms. The first-order valence-corrected chi connectivity index (χ1v) is 4.35. The van der Waals surface area contributed by atoms with Crippen LogP contribution in [0.2, 0.25) is 0 Å². The molecule has 3 N–H and O–H groups in total. The summed E-state index contributed by atoms with van der Waals surface area (Å²) in [6, 6.07) is 9.12. The van der Waals surface area contributed by atoms with Gasteiger partial charge in [-0.1, -0.05) is 30.3 Å². The molecule has 1 aromatic carbocycles. The average Bonchev–Trinajstić information content (AvgIpc) is 2.18. The molecule has 76 valence electrons. The number of aliphatic hydroxyl groups excluding tert-OH is 1. The fourth-order valence-electron chi connectivity index (χ4n) is 1.11. The summed E-state index contributed by atoms with van der Waals surface area (Å²) >= 11 is 0. The van der Waals surface area contributed by atoms with Gasteiger partial charge in [-0.3, -0.25) is 4.79 Å². The van der Waals surface area contributed by atoms with Crippen LogP contribution < -0.4 is 5.32 Å². The lowest BCUT2D eigenvalue weighted by molar-refractivity contribution is -0.136. The molecule has 4 nitrogen and oxygen atoms in total. The molecule has 0 saturated heterocycles. The van der Waals surface area contributed by atoms with E-state index in [-0.39, 0.29) is 13.1 Å². The monoisotopic (exact) mass is 195 g/mol. The molecule has 14 heavy (non-hydrogen) atoms. The molecule has 0 aliphatic rings. The molecular formula is C10H13NO3. The van der Waals surface area contributed by atoms with Gasteiger partial charge >= 0.3 is 5.97 Å². The van der Waals surface area contributed by atoms with Crippen LogP contribution in [0.3, 0.4) is 0 Å². The molecule has 0 fully saturated rings. The van der Waals surface area contributed by atoms with Gasteiger partial charge in [0.15, 0.2) is 0 Å². The summed E-state index contributed by atoms with van der Waals surface area (Å²) in [5, 5.41) is 20.6. The average molecular weight is 195 g/mol. The molecule has 0 heterocycles. The van der Waals surface area contributed by atoms with Crippen LogP contribution in [0.4, 0.5) is 0 Å². The Bertz CT molecular complexity index is 287. The first-order chi connectivity index (χ1) is 6.70. The van der Waals surface area contributed by atoms with E-state index >= 15 is 0 Å². The Balaban J connectivity index is 2.36. The van der Waals surface area contributed by atoms with Crippen molar-refractivity contribution in [2.45, 2.75) is 6.10 Å². The van der Waals surface area contributed by atoms with Crippen molar-refractivity contribution in [1.82, 2.24) is 5.32 Å². The molecule has 0 aliphatic heterocycles. The number of nitrogens with one attached hydrogen (secondary N) is 1. The Hall–Kier alpha value is -1.39. The van der Waals surface area contributed by atoms with Crippen molar-refractivity contribution in [3.8, 4) is 0 Å². The summed E-state index contributed by atoms with van der Waals surface area (Å²) in [6.07, 6.45) is -0.657. The first-order valence-electron chi connectivity index (χ1n) is 4.35. The van der Waals surface area contributed by atoms with Gasteiger partial charge in [0, 0.05) is 6.54 Å². The number of hydrogen-bond acceptors (Lipinski definition) is 3. The van der Waals surface area contributed by atoms with Crippen LogP contribution in [0, 0.1) is 0 Å². The topological polar surface area (TPSA) is 69.6 Å². The third kappa shape index (κ3) is 3.55. The van der Waals surface area contributed by atoms with Crippen molar-refractivity contribution in [3.63, 3.8) is 0 Å². The van der Waals surface area contributed by atoms with E-state index in [4.69, 9.17) is 5.11 Å². The van der Waals surface area contributed by atoms with E-state index in [1.807, 2.05) is 18.2 Å². The van der Waals surface area contributed by atoms with E-state index in [2.05, 4.69) is 5.32 Å². The fourth-order valence-corrected chi connectivity index (χ4v) is 1.11. The molecular weight excluding hydrogens is 182 g/mol. The SMILES string of the molecule is O=C(O)CNCC(O)c1ccccc1. The van der Waals surface area contributed by atoms with Gasteiger partial charge in [0.2, 0.25) is 0 Å². The third-order valence-electron chi connectivity index (χ3n) is 1.80. The normalized spacial score (nSPS) is 12.4. The van der Waals surface area contributed by atoms with Crippen LogP contribution in [0.1, 0.15) is 11.7 Å². The molecule has 0 spiro atoms. The zero-order chi connectivity index (χ0) is 10.4. The first kappa shape index (κ1) is 10.7. The Morgan fingerprint density at radius 1 is 1.36 bits per heavy atom. The lowest BCUT2D eigenvalue weighted by Gasteiger charge is -2.10. The van der Waals surface area contributed by atoms with Crippen molar-refractivity contribution in [2.24, 2.45) is 0 Å². The minimum atomic E-state index is -0.926. The maximum Gasteiger partial charge on any atom is 0.317 e. The van der Waals surface area contributed by atoms with Gasteiger partial charge in [-0.05, 0) is 5.56 Å². The number of hydrogen-bond donors (Lipinski definition) is 3. The van der Waals surface area contributed by atoms with Crippen molar-refractivity contribution in [2.75, 3.05) is 13.1 Å². The van der Waals surface area contributed by atoms with Gasteiger partial charge in [-0.25, -0.2) is 0 Å². The zero-order valence-corrected chi connectivity index (χ0v) is 7.68. The lowest BCUT2D eigenvalue weighted by atomic mass is 10.1. The van der Waals surface area contributed by atoms with E-state index in [0.29, 0.717) is 0 Å². The van der Waals surface area contributed by atoms with Gasteiger partial charge in [0.25, 0.3) is 0 Å². The van der Waals surface area contributed by atoms with Crippen LogP contribution >= 0.6 is 0 Å². The van der Waals surface area contributed by atoms with Crippen molar-refractivity contribution >= 4 is 5.97 Å². The summed E-state index contributed by atoms with van der Waals surface area (Å²) in [4.78, 5) is 10.2. The molecule has 0 aromatic heterocycles. The highest BCUT2D eigenvalue weighted by Crippen LogP contribution is 2.09. The molecule has 1 rings (SSSR count). The van der Waals surface area contributed by atoms with E-state index in [1.54, 1.807) is 12.1 Å². The summed E-state index contributed by atoms with van der Waals surface area (Å²) in [7, 11) is 0. The quantitative estimate of drug-likeness (QED) is 0.636. The summed E-state index contributed by atoms with van der Waals surface area (Å²) < 4.78 is 0. The molecule has 0 bridgehead atoms.